The number of pyridine rings is 1. The lowest BCUT2D eigenvalue weighted by Gasteiger charge is -2.11. The maximum Gasteiger partial charge on any atom is 0.138 e. The molecule has 0 radical (unpaired) electrons. The lowest BCUT2D eigenvalue weighted by atomic mass is 10.0. The number of H-pyrrole nitrogens is 2. The molecule has 3 heterocycles. The molecule has 3 aromatic heterocycles. The number of fused-ring (bicyclic) bond motifs is 1. The average molecular weight is 520 g/mol. The van der Waals surface area contributed by atoms with Crippen LogP contribution in [-0.2, 0) is 0 Å². The maximum atomic E-state index is 13.5. The summed E-state index contributed by atoms with van der Waals surface area (Å²) in [7, 11) is 0. The van der Waals surface area contributed by atoms with E-state index in [2.05, 4.69) is 52.1 Å². The molecule has 0 amide bonds. The van der Waals surface area contributed by atoms with Crippen molar-refractivity contribution in [3.05, 3.63) is 119 Å². The van der Waals surface area contributed by atoms with Crippen LogP contribution in [0.1, 0.15) is 33.6 Å². The van der Waals surface area contributed by atoms with Crippen molar-refractivity contribution in [1.29, 1.82) is 0 Å². The highest BCUT2D eigenvalue weighted by Gasteiger charge is 2.13. The SMILES string of the molecule is C=C/C(=C\C(=C/C)C(=C)/C=c1/c(-c2cc3c(-c4ccc(F)cc4)ccnc3[nH]2)n[nH]/c1=C/C)NC(=C)CCC. The first kappa shape index (κ1) is 27.3. The van der Waals surface area contributed by atoms with Crippen LogP contribution >= 0.6 is 0 Å². The Morgan fingerprint density at radius 3 is 2.56 bits per heavy atom. The van der Waals surface area contributed by atoms with Crippen LogP contribution in [0.15, 0.2) is 103 Å². The zero-order valence-corrected chi connectivity index (χ0v) is 22.7. The summed E-state index contributed by atoms with van der Waals surface area (Å²) in [5.74, 6) is -0.267. The van der Waals surface area contributed by atoms with Crippen molar-refractivity contribution in [3.8, 4) is 22.5 Å². The molecule has 0 aliphatic heterocycles. The smallest absolute Gasteiger partial charge is 0.138 e. The largest absolute Gasteiger partial charge is 0.359 e. The summed E-state index contributed by atoms with van der Waals surface area (Å²) >= 11 is 0. The molecule has 198 valence electrons. The first-order valence-electron chi connectivity index (χ1n) is 13.0. The monoisotopic (exact) mass is 519 g/mol. The molecule has 0 unspecified atom stereocenters. The van der Waals surface area contributed by atoms with Gasteiger partial charge >= 0.3 is 0 Å². The number of aromatic nitrogens is 4. The minimum atomic E-state index is -0.267. The highest BCUT2D eigenvalue weighted by atomic mass is 19.1. The molecule has 0 aliphatic rings. The second-order valence-corrected chi connectivity index (χ2v) is 9.19. The van der Waals surface area contributed by atoms with Gasteiger partial charge in [-0.25, -0.2) is 9.37 Å². The molecule has 0 atom stereocenters. The molecule has 0 spiro atoms. The van der Waals surface area contributed by atoms with Crippen molar-refractivity contribution in [2.45, 2.75) is 33.6 Å². The van der Waals surface area contributed by atoms with Crippen LogP contribution in [0.4, 0.5) is 4.39 Å². The van der Waals surface area contributed by atoms with E-state index in [9.17, 15) is 4.39 Å². The van der Waals surface area contributed by atoms with E-state index in [0.29, 0.717) is 0 Å². The second-order valence-electron chi connectivity index (χ2n) is 9.19. The van der Waals surface area contributed by atoms with E-state index < -0.39 is 0 Å². The van der Waals surface area contributed by atoms with Gasteiger partial charge in [-0.3, -0.25) is 5.10 Å². The van der Waals surface area contributed by atoms with Gasteiger partial charge in [0.05, 0.1) is 11.0 Å². The number of allylic oxidation sites excluding steroid dienone is 6. The number of hydrogen-bond donors (Lipinski definition) is 3. The zero-order valence-electron chi connectivity index (χ0n) is 22.7. The number of nitrogens with zero attached hydrogens (tertiary/aromatic N) is 2. The number of hydrogen-bond acceptors (Lipinski definition) is 3. The summed E-state index contributed by atoms with van der Waals surface area (Å²) in [5, 5.41) is 13.8. The fourth-order valence-corrected chi connectivity index (χ4v) is 4.47. The van der Waals surface area contributed by atoms with Crippen LogP contribution in [0.5, 0.6) is 0 Å². The number of nitrogens with one attached hydrogen (secondary N) is 3. The molecule has 3 N–H and O–H groups in total. The Kier molecular flexibility index (Phi) is 8.56. The van der Waals surface area contributed by atoms with Gasteiger partial charge in [0, 0.05) is 28.2 Å². The van der Waals surface area contributed by atoms with Crippen LogP contribution in [0.3, 0.4) is 0 Å². The third-order valence-corrected chi connectivity index (χ3v) is 6.47. The van der Waals surface area contributed by atoms with Crippen LogP contribution in [0.25, 0.3) is 45.7 Å². The van der Waals surface area contributed by atoms with E-state index in [1.165, 1.54) is 12.1 Å². The van der Waals surface area contributed by atoms with Gasteiger partial charge in [-0.15, -0.1) is 0 Å². The van der Waals surface area contributed by atoms with E-state index >= 15 is 0 Å². The molecule has 4 rings (SSSR count). The Bertz CT molecular complexity index is 1710. The third kappa shape index (κ3) is 6.07. The summed E-state index contributed by atoms with van der Waals surface area (Å²) in [5.41, 5.74) is 7.76. The van der Waals surface area contributed by atoms with Crippen LogP contribution in [0, 0.1) is 5.82 Å². The average Bonchev–Trinajstić information content (AvgIpc) is 3.55. The van der Waals surface area contributed by atoms with Gasteiger partial charge in [0.2, 0.25) is 0 Å². The Labute approximate surface area is 228 Å². The first-order valence-corrected chi connectivity index (χ1v) is 13.0. The maximum absolute atomic E-state index is 13.5. The predicted octanol–water partition coefficient (Wildman–Crippen LogP) is 6.82. The van der Waals surface area contributed by atoms with Crippen LogP contribution in [-0.4, -0.2) is 20.2 Å². The van der Waals surface area contributed by atoms with Gasteiger partial charge in [0.1, 0.15) is 17.2 Å². The molecule has 4 aromatic rings. The minimum Gasteiger partial charge on any atom is -0.359 e. The number of aromatic amines is 2. The highest BCUT2D eigenvalue weighted by Crippen LogP contribution is 2.30. The van der Waals surface area contributed by atoms with E-state index in [4.69, 9.17) is 0 Å². The molecule has 0 saturated heterocycles. The van der Waals surface area contributed by atoms with E-state index in [-0.39, 0.29) is 5.82 Å². The summed E-state index contributed by atoms with van der Waals surface area (Å²) in [4.78, 5) is 7.94. The molecule has 1 aromatic carbocycles. The summed E-state index contributed by atoms with van der Waals surface area (Å²) in [6, 6.07) is 10.4. The van der Waals surface area contributed by atoms with Crippen molar-refractivity contribution in [2.24, 2.45) is 0 Å². The molecule has 0 fully saturated rings. The lowest BCUT2D eigenvalue weighted by Crippen LogP contribution is -2.23. The summed E-state index contributed by atoms with van der Waals surface area (Å²) < 4.78 is 13.5. The van der Waals surface area contributed by atoms with Crippen molar-refractivity contribution in [2.75, 3.05) is 0 Å². The standard InChI is InChI=1S/C33H34FN5/c1-7-11-22(6)36-26(9-3)19-23(8-2)21(5)18-29-30(10-4)38-39-32(29)31-20-28-27(16-17-35-33(28)37-31)24-12-14-25(34)15-13-24/h8-10,12-20,36,38H,3,5-7,11H2,1-2,4H3,(H,35,37)/b23-8+,26-19+,29-18+,30-10+. The molecule has 0 saturated carbocycles. The second kappa shape index (κ2) is 12.2. The van der Waals surface area contributed by atoms with Gasteiger partial charge in [0.15, 0.2) is 0 Å². The van der Waals surface area contributed by atoms with Gasteiger partial charge in [-0.2, -0.15) is 5.10 Å². The normalized spacial score (nSPS) is 13.2. The molecule has 0 bridgehead atoms. The van der Waals surface area contributed by atoms with Crippen LogP contribution in [0.2, 0.25) is 0 Å². The molecular formula is C33H34FN5. The molecule has 6 heteroatoms. The summed E-state index contributed by atoms with van der Waals surface area (Å²) in [6.07, 6.45) is 13.5. The molecular weight excluding hydrogens is 485 g/mol. The first-order chi connectivity index (χ1) is 18.9. The Hall–Kier alpha value is -4.71. The van der Waals surface area contributed by atoms with Crippen LogP contribution < -0.4 is 15.9 Å². The quantitative estimate of drug-likeness (QED) is 0.202. The van der Waals surface area contributed by atoms with E-state index in [1.54, 1.807) is 24.4 Å². The fourth-order valence-electron chi connectivity index (χ4n) is 4.47. The van der Waals surface area contributed by atoms with Crippen molar-refractivity contribution in [1.82, 2.24) is 25.5 Å². The fraction of sp³-hybridized carbons (Fsp3) is 0.152. The van der Waals surface area contributed by atoms with Gasteiger partial charge < -0.3 is 10.3 Å². The zero-order chi connectivity index (χ0) is 27.9. The Balaban J connectivity index is 1.77. The van der Waals surface area contributed by atoms with Gasteiger partial charge in [0.25, 0.3) is 0 Å². The molecule has 5 nitrogen and oxygen atoms in total. The molecule has 0 aliphatic carbocycles. The minimum absolute atomic E-state index is 0.267. The third-order valence-electron chi connectivity index (χ3n) is 6.47. The number of halogens is 1. The van der Waals surface area contributed by atoms with Gasteiger partial charge in [-0.05, 0) is 85.0 Å². The van der Waals surface area contributed by atoms with E-state index in [0.717, 1.165) is 79.5 Å². The lowest BCUT2D eigenvalue weighted by molar-refractivity contribution is 0.628. The molecule has 39 heavy (non-hydrogen) atoms. The Morgan fingerprint density at radius 2 is 1.90 bits per heavy atom. The van der Waals surface area contributed by atoms with E-state index in [1.807, 2.05) is 50.3 Å². The summed E-state index contributed by atoms with van der Waals surface area (Å²) in [6.45, 7) is 18.5. The predicted molar refractivity (Wildman–Crippen MR) is 161 cm³/mol. The van der Waals surface area contributed by atoms with Crippen molar-refractivity contribution >= 4 is 23.2 Å². The Morgan fingerprint density at radius 1 is 1.13 bits per heavy atom. The topological polar surface area (TPSA) is 69.4 Å². The van der Waals surface area contributed by atoms with Crippen molar-refractivity contribution in [3.63, 3.8) is 0 Å². The highest BCUT2D eigenvalue weighted by molar-refractivity contribution is 5.96. The van der Waals surface area contributed by atoms with Crippen molar-refractivity contribution < 1.29 is 4.39 Å². The number of rotatable bonds is 10. The number of benzene rings is 1. The van der Waals surface area contributed by atoms with Gasteiger partial charge in [-0.1, -0.05) is 57.4 Å².